The second-order valence-corrected chi connectivity index (χ2v) is 8.19. The molecule has 0 radical (unpaired) electrons. The lowest BCUT2D eigenvalue weighted by atomic mass is 10.2. The van der Waals surface area contributed by atoms with E-state index in [1.165, 1.54) is 0 Å². The molecule has 0 aromatic heterocycles. The highest BCUT2D eigenvalue weighted by molar-refractivity contribution is 7.89. The molecule has 0 bridgehead atoms. The number of hydrogen-bond acceptors (Lipinski definition) is 3. The van der Waals surface area contributed by atoms with Crippen LogP contribution < -0.4 is 4.72 Å². The molecule has 19 heavy (non-hydrogen) atoms. The summed E-state index contributed by atoms with van der Waals surface area (Å²) in [5.41, 5.74) is 0.997. The van der Waals surface area contributed by atoms with Gasteiger partial charge in [-0.1, -0.05) is 12.1 Å². The van der Waals surface area contributed by atoms with Crippen LogP contribution in [-0.2, 0) is 27.2 Å². The average molecular weight is 324 g/mol. The van der Waals surface area contributed by atoms with Crippen LogP contribution in [0.1, 0.15) is 12.5 Å². The molecule has 0 heterocycles. The van der Waals surface area contributed by atoms with Crippen molar-refractivity contribution in [2.45, 2.75) is 23.5 Å². The molecule has 1 rings (SSSR count). The molecule has 1 aromatic rings. The molecule has 0 spiro atoms. The molecule has 0 aliphatic carbocycles. The largest absolute Gasteiger partial charge is 0.260 e. The molecular weight excluding hydrogens is 306 g/mol. The van der Waals surface area contributed by atoms with E-state index in [1.807, 2.05) is 0 Å². The summed E-state index contributed by atoms with van der Waals surface area (Å²) < 4.78 is 37.6. The van der Waals surface area contributed by atoms with E-state index in [2.05, 4.69) is 4.72 Å². The number of sulfonamides is 1. The van der Waals surface area contributed by atoms with Crippen LogP contribution in [0.4, 0.5) is 0 Å². The fourth-order valence-corrected chi connectivity index (χ4v) is 3.14. The fraction of sp³-hybridized carbons (Fsp3) is 0.500. The lowest BCUT2D eigenvalue weighted by Gasteiger charge is -2.11. The number of aryl methyl sites for hydroxylation is 1. The first kappa shape index (κ1) is 16.6. The number of halogens is 1. The molecule has 0 aliphatic heterocycles. The minimum absolute atomic E-state index is 0.162. The first-order valence-corrected chi connectivity index (χ1v) is 9.47. The summed E-state index contributed by atoms with van der Waals surface area (Å²) in [6.07, 6.45) is 2.26. The summed E-state index contributed by atoms with van der Waals surface area (Å²) >= 11 is 5.62. The van der Waals surface area contributed by atoms with Crippen molar-refractivity contribution in [2.75, 3.05) is 18.7 Å². The highest BCUT2D eigenvalue weighted by Gasteiger charge is 2.16. The first-order valence-electron chi connectivity index (χ1n) is 5.83. The number of rotatable bonds is 7. The molecule has 2 atom stereocenters. The van der Waals surface area contributed by atoms with Crippen LogP contribution >= 0.6 is 11.6 Å². The van der Waals surface area contributed by atoms with Crippen molar-refractivity contribution in [3.05, 3.63) is 29.8 Å². The number of benzene rings is 1. The van der Waals surface area contributed by atoms with Crippen molar-refractivity contribution in [1.82, 2.24) is 4.72 Å². The molecule has 0 saturated heterocycles. The van der Waals surface area contributed by atoms with Gasteiger partial charge in [-0.05, 0) is 31.0 Å². The summed E-state index contributed by atoms with van der Waals surface area (Å²) in [5.74, 6) is 0.504. The van der Waals surface area contributed by atoms with E-state index >= 15 is 0 Å². The molecule has 0 amide bonds. The molecule has 1 aromatic carbocycles. The second-order valence-electron chi connectivity index (χ2n) is 4.24. The van der Waals surface area contributed by atoms with Crippen molar-refractivity contribution >= 4 is 32.4 Å². The van der Waals surface area contributed by atoms with Gasteiger partial charge in [0.25, 0.3) is 0 Å². The van der Waals surface area contributed by atoms with Crippen molar-refractivity contribution < 1.29 is 12.6 Å². The Morgan fingerprint density at radius 2 is 1.89 bits per heavy atom. The fourth-order valence-electron chi connectivity index (χ4n) is 1.37. The third-order valence-electron chi connectivity index (χ3n) is 2.74. The summed E-state index contributed by atoms with van der Waals surface area (Å²) in [6, 6.07) is 6.60. The summed E-state index contributed by atoms with van der Waals surface area (Å²) in [6.45, 7) is 1.90. The number of nitrogens with one attached hydrogen (secondary N) is 1. The zero-order chi connectivity index (χ0) is 14.5. The quantitative estimate of drug-likeness (QED) is 0.774. The van der Waals surface area contributed by atoms with Gasteiger partial charge in [0, 0.05) is 34.7 Å². The van der Waals surface area contributed by atoms with E-state index in [0.717, 1.165) is 5.56 Å². The molecule has 0 aliphatic rings. The van der Waals surface area contributed by atoms with Gasteiger partial charge in [-0.25, -0.2) is 13.1 Å². The van der Waals surface area contributed by atoms with Crippen LogP contribution in [0.25, 0.3) is 0 Å². The average Bonchev–Trinajstić information content (AvgIpc) is 2.37. The van der Waals surface area contributed by atoms with Crippen LogP contribution in [0, 0.1) is 0 Å². The third kappa shape index (κ3) is 5.22. The van der Waals surface area contributed by atoms with E-state index in [1.54, 1.807) is 37.4 Å². The molecular formula is C12H18ClNO3S2. The van der Waals surface area contributed by atoms with Gasteiger partial charge in [-0.2, -0.15) is 0 Å². The van der Waals surface area contributed by atoms with Gasteiger partial charge in [0.05, 0.1) is 4.90 Å². The highest BCUT2D eigenvalue weighted by atomic mass is 35.5. The Morgan fingerprint density at radius 1 is 1.32 bits per heavy atom. The van der Waals surface area contributed by atoms with Crippen LogP contribution in [0.15, 0.2) is 29.2 Å². The number of hydrogen-bond donors (Lipinski definition) is 1. The first-order chi connectivity index (χ1) is 8.86. The second kappa shape index (κ2) is 7.38. The Bertz CT molecular complexity index is 528. The topological polar surface area (TPSA) is 63.2 Å². The van der Waals surface area contributed by atoms with Crippen molar-refractivity contribution in [3.8, 4) is 0 Å². The van der Waals surface area contributed by atoms with Crippen molar-refractivity contribution in [3.63, 3.8) is 0 Å². The normalized spacial score (nSPS) is 15.1. The monoisotopic (exact) mass is 323 g/mol. The van der Waals surface area contributed by atoms with E-state index < -0.39 is 20.8 Å². The van der Waals surface area contributed by atoms with Gasteiger partial charge in [0.2, 0.25) is 10.0 Å². The predicted molar refractivity (Wildman–Crippen MR) is 79.6 cm³/mol. The smallest absolute Gasteiger partial charge is 0.240 e. The highest BCUT2D eigenvalue weighted by Crippen LogP contribution is 2.11. The van der Waals surface area contributed by atoms with Crippen LogP contribution in [0.2, 0.25) is 0 Å². The molecule has 0 saturated carbocycles. The molecule has 0 fully saturated rings. The Morgan fingerprint density at radius 3 is 2.37 bits per heavy atom. The van der Waals surface area contributed by atoms with Crippen LogP contribution in [-0.4, -0.2) is 36.6 Å². The van der Waals surface area contributed by atoms with Crippen molar-refractivity contribution in [2.24, 2.45) is 0 Å². The Labute approximate surface area is 122 Å². The Kier molecular flexibility index (Phi) is 6.46. The summed E-state index contributed by atoms with van der Waals surface area (Å²) in [4.78, 5) is 0.208. The minimum Gasteiger partial charge on any atom is -0.260 e. The predicted octanol–water partition coefficient (Wildman–Crippen LogP) is 1.51. The maximum atomic E-state index is 12.0. The summed E-state index contributed by atoms with van der Waals surface area (Å²) in [5, 5.41) is -0.217. The standard InChI is InChI=1S/C12H18ClNO3S2/c1-10(18(2)15)9-14-19(16,17)12-5-3-11(4-6-12)7-8-13/h3-6,10,14H,7-9H2,1-2H3. The lowest BCUT2D eigenvalue weighted by molar-refractivity contribution is 0.580. The Hall–Kier alpha value is -0.430. The minimum atomic E-state index is -3.54. The zero-order valence-corrected chi connectivity index (χ0v) is 13.3. The Balaban J connectivity index is 2.74. The zero-order valence-electron chi connectivity index (χ0n) is 10.9. The van der Waals surface area contributed by atoms with Gasteiger partial charge in [-0.15, -0.1) is 11.6 Å². The van der Waals surface area contributed by atoms with Gasteiger partial charge in [-0.3, -0.25) is 4.21 Å². The van der Waals surface area contributed by atoms with Gasteiger partial charge in [0.1, 0.15) is 0 Å². The molecule has 2 unspecified atom stereocenters. The van der Waals surface area contributed by atoms with Gasteiger partial charge >= 0.3 is 0 Å². The maximum absolute atomic E-state index is 12.0. The molecule has 4 nitrogen and oxygen atoms in total. The van der Waals surface area contributed by atoms with Crippen LogP contribution in [0.3, 0.4) is 0 Å². The molecule has 7 heteroatoms. The molecule has 108 valence electrons. The molecule has 1 N–H and O–H groups in total. The summed E-state index contributed by atoms with van der Waals surface area (Å²) in [7, 11) is -4.59. The maximum Gasteiger partial charge on any atom is 0.240 e. The van der Waals surface area contributed by atoms with E-state index in [9.17, 15) is 12.6 Å². The van der Waals surface area contributed by atoms with Crippen molar-refractivity contribution in [1.29, 1.82) is 0 Å². The number of alkyl halides is 1. The van der Waals surface area contributed by atoms with Crippen LogP contribution in [0.5, 0.6) is 0 Å². The third-order valence-corrected chi connectivity index (χ3v) is 5.67. The van der Waals surface area contributed by atoms with E-state index in [4.69, 9.17) is 11.6 Å². The SMILES string of the molecule is CC(CNS(=O)(=O)c1ccc(CCCl)cc1)S(C)=O. The van der Waals surface area contributed by atoms with E-state index in [0.29, 0.717) is 12.3 Å². The van der Waals surface area contributed by atoms with E-state index in [-0.39, 0.29) is 16.7 Å². The van der Waals surface area contributed by atoms with Gasteiger partial charge < -0.3 is 0 Å². The van der Waals surface area contributed by atoms with Gasteiger partial charge in [0.15, 0.2) is 0 Å². The lowest BCUT2D eigenvalue weighted by Crippen LogP contribution is -2.32.